The SMILES string of the molecule is CCC(C)(CNCC(C)C)C1CC1. The van der Waals surface area contributed by atoms with Gasteiger partial charge in [0, 0.05) is 6.54 Å². The minimum absolute atomic E-state index is 0.578. The molecule has 1 saturated carbocycles. The van der Waals surface area contributed by atoms with Crippen molar-refractivity contribution in [1.29, 1.82) is 0 Å². The second kappa shape index (κ2) is 4.45. The predicted octanol–water partition coefficient (Wildman–Crippen LogP) is 3.06. The van der Waals surface area contributed by atoms with Crippen LogP contribution < -0.4 is 5.32 Å². The third-order valence-electron chi connectivity index (χ3n) is 3.45. The van der Waals surface area contributed by atoms with Gasteiger partial charge in [-0.05, 0) is 43.1 Å². The molecule has 0 aliphatic heterocycles. The summed E-state index contributed by atoms with van der Waals surface area (Å²) in [7, 11) is 0. The first-order chi connectivity index (χ1) is 6.08. The molecule has 1 atom stereocenters. The van der Waals surface area contributed by atoms with Crippen molar-refractivity contribution in [2.45, 2.75) is 47.0 Å². The summed E-state index contributed by atoms with van der Waals surface area (Å²) < 4.78 is 0. The number of hydrogen-bond acceptors (Lipinski definition) is 1. The molecule has 0 spiro atoms. The van der Waals surface area contributed by atoms with E-state index in [1.54, 1.807) is 0 Å². The molecule has 0 radical (unpaired) electrons. The first-order valence-electron chi connectivity index (χ1n) is 5.79. The molecule has 1 aliphatic carbocycles. The van der Waals surface area contributed by atoms with Gasteiger partial charge in [0.2, 0.25) is 0 Å². The van der Waals surface area contributed by atoms with Crippen LogP contribution >= 0.6 is 0 Å². The molecule has 0 aromatic rings. The maximum Gasteiger partial charge on any atom is 0.000782 e. The minimum atomic E-state index is 0.578. The Balaban J connectivity index is 2.23. The van der Waals surface area contributed by atoms with E-state index in [2.05, 4.69) is 33.0 Å². The summed E-state index contributed by atoms with van der Waals surface area (Å²) in [4.78, 5) is 0. The van der Waals surface area contributed by atoms with Crippen molar-refractivity contribution < 1.29 is 0 Å². The van der Waals surface area contributed by atoms with Gasteiger partial charge in [-0.2, -0.15) is 0 Å². The fourth-order valence-corrected chi connectivity index (χ4v) is 1.98. The monoisotopic (exact) mass is 183 g/mol. The van der Waals surface area contributed by atoms with Crippen molar-refractivity contribution in [2.75, 3.05) is 13.1 Å². The standard InChI is InChI=1S/C12H25N/c1-5-12(4,11-6-7-11)9-13-8-10(2)3/h10-11,13H,5-9H2,1-4H3. The zero-order chi connectivity index (χ0) is 9.90. The summed E-state index contributed by atoms with van der Waals surface area (Å²) in [6.07, 6.45) is 4.25. The van der Waals surface area contributed by atoms with Gasteiger partial charge in [0.25, 0.3) is 0 Å². The van der Waals surface area contributed by atoms with Crippen LogP contribution in [-0.4, -0.2) is 13.1 Å². The van der Waals surface area contributed by atoms with E-state index in [0.717, 1.165) is 11.8 Å². The highest BCUT2D eigenvalue weighted by Crippen LogP contribution is 2.46. The average molecular weight is 183 g/mol. The van der Waals surface area contributed by atoms with Gasteiger partial charge >= 0.3 is 0 Å². The third kappa shape index (κ3) is 3.30. The molecule has 1 unspecified atom stereocenters. The summed E-state index contributed by atoms with van der Waals surface area (Å²) in [6.45, 7) is 11.7. The molecule has 0 aromatic carbocycles. The number of hydrogen-bond donors (Lipinski definition) is 1. The normalized spacial score (nSPS) is 21.9. The lowest BCUT2D eigenvalue weighted by molar-refractivity contribution is 0.244. The van der Waals surface area contributed by atoms with Crippen LogP contribution in [0.15, 0.2) is 0 Å². The lowest BCUT2D eigenvalue weighted by Gasteiger charge is -2.29. The van der Waals surface area contributed by atoms with Crippen molar-refractivity contribution in [2.24, 2.45) is 17.3 Å². The average Bonchev–Trinajstić information content (AvgIpc) is 2.85. The van der Waals surface area contributed by atoms with Crippen molar-refractivity contribution in [3.05, 3.63) is 0 Å². The Hall–Kier alpha value is -0.0400. The summed E-state index contributed by atoms with van der Waals surface area (Å²) in [5, 5.41) is 3.60. The molecular formula is C12H25N. The first-order valence-corrected chi connectivity index (χ1v) is 5.79. The molecule has 1 aliphatic rings. The Bertz CT molecular complexity index is 149. The molecule has 0 bridgehead atoms. The van der Waals surface area contributed by atoms with Crippen LogP contribution in [0.1, 0.15) is 47.0 Å². The highest BCUT2D eigenvalue weighted by atomic mass is 14.9. The molecule has 1 fully saturated rings. The van der Waals surface area contributed by atoms with Gasteiger partial charge in [0.05, 0.1) is 0 Å². The smallest absolute Gasteiger partial charge is 0.000782 e. The van der Waals surface area contributed by atoms with Crippen LogP contribution in [0.25, 0.3) is 0 Å². The molecule has 0 heterocycles. The van der Waals surface area contributed by atoms with Gasteiger partial charge in [-0.1, -0.05) is 27.7 Å². The lowest BCUT2D eigenvalue weighted by atomic mass is 9.82. The molecule has 0 amide bonds. The van der Waals surface area contributed by atoms with Crippen molar-refractivity contribution in [3.63, 3.8) is 0 Å². The van der Waals surface area contributed by atoms with Gasteiger partial charge < -0.3 is 5.32 Å². The van der Waals surface area contributed by atoms with Crippen LogP contribution in [0.4, 0.5) is 0 Å². The summed E-state index contributed by atoms with van der Waals surface area (Å²) in [5.41, 5.74) is 0.578. The number of rotatable bonds is 6. The topological polar surface area (TPSA) is 12.0 Å². The summed E-state index contributed by atoms with van der Waals surface area (Å²) >= 11 is 0. The van der Waals surface area contributed by atoms with Crippen LogP contribution in [-0.2, 0) is 0 Å². The second-order valence-electron chi connectivity index (χ2n) is 5.31. The van der Waals surface area contributed by atoms with Crippen molar-refractivity contribution >= 4 is 0 Å². The Morgan fingerprint density at radius 2 is 2.00 bits per heavy atom. The third-order valence-corrected chi connectivity index (χ3v) is 3.45. The molecule has 1 heteroatoms. The Kier molecular flexibility index (Phi) is 3.78. The molecule has 78 valence electrons. The summed E-state index contributed by atoms with van der Waals surface area (Å²) in [6, 6.07) is 0. The van der Waals surface area contributed by atoms with E-state index in [1.807, 2.05) is 0 Å². The molecule has 0 saturated heterocycles. The molecule has 0 aromatic heterocycles. The van der Waals surface area contributed by atoms with Gasteiger partial charge in [-0.25, -0.2) is 0 Å². The van der Waals surface area contributed by atoms with E-state index in [9.17, 15) is 0 Å². The first kappa shape index (κ1) is 11.0. The molecular weight excluding hydrogens is 158 g/mol. The predicted molar refractivity (Wildman–Crippen MR) is 58.8 cm³/mol. The van der Waals surface area contributed by atoms with E-state index >= 15 is 0 Å². The van der Waals surface area contributed by atoms with E-state index in [-0.39, 0.29) is 0 Å². The lowest BCUT2D eigenvalue weighted by Crippen LogP contribution is -2.34. The fourth-order valence-electron chi connectivity index (χ4n) is 1.98. The zero-order valence-corrected chi connectivity index (χ0v) is 9.69. The fraction of sp³-hybridized carbons (Fsp3) is 1.00. The highest BCUT2D eigenvalue weighted by Gasteiger charge is 2.39. The maximum atomic E-state index is 3.60. The van der Waals surface area contributed by atoms with E-state index in [1.165, 1.54) is 32.4 Å². The summed E-state index contributed by atoms with van der Waals surface area (Å²) in [5.74, 6) is 1.79. The largest absolute Gasteiger partial charge is 0.316 e. The van der Waals surface area contributed by atoms with Gasteiger partial charge in [-0.15, -0.1) is 0 Å². The maximum absolute atomic E-state index is 3.60. The van der Waals surface area contributed by atoms with Gasteiger partial charge in [0.15, 0.2) is 0 Å². The van der Waals surface area contributed by atoms with Crippen LogP contribution in [0.3, 0.4) is 0 Å². The van der Waals surface area contributed by atoms with E-state index in [0.29, 0.717) is 5.41 Å². The molecule has 1 N–H and O–H groups in total. The second-order valence-corrected chi connectivity index (χ2v) is 5.31. The molecule has 1 nitrogen and oxygen atoms in total. The molecule has 1 rings (SSSR count). The van der Waals surface area contributed by atoms with E-state index in [4.69, 9.17) is 0 Å². The van der Waals surface area contributed by atoms with Gasteiger partial charge in [0.1, 0.15) is 0 Å². The van der Waals surface area contributed by atoms with Gasteiger partial charge in [-0.3, -0.25) is 0 Å². The van der Waals surface area contributed by atoms with Crippen molar-refractivity contribution in [1.82, 2.24) is 5.32 Å². The Morgan fingerprint density at radius 1 is 1.38 bits per heavy atom. The van der Waals surface area contributed by atoms with Crippen LogP contribution in [0, 0.1) is 17.3 Å². The minimum Gasteiger partial charge on any atom is -0.316 e. The van der Waals surface area contributed by atoms with E-state index < -0.39 is 0 Å². The van der Waals surface area contributed by atoms with Crippen LogP contribution in [0.2, 0.25) is 0 Å². The highest BCUT2D eigenvalue weighted by molar-refractivity contribution is 4.91. The molecule has 13 heavy (non-hydrogen) atoms. The Morgan fingerprint density at radius 3 is 2.38 bits per heavy atom. The zero-order valence-electron chi connectivity index (χ0n) is 9.69. The van der Waals surface area contributed by atoms with Crippen molar-refractivity contribution in [3.8, 4) is 0 Å². The Labute approximate surface area is 83.3 Å². The quantitative estimate of drug-likeness (QED) is 0.667. The number of nitrogens with one attached hydrogen (secondary N) is 1. The van der Waals surface area contributed by atoms with Crippen LogP contribution in [0.5, 0.6) is 0 Å².